The van der Waals surface area contributed by atoms with Crippen LogP contribution >= 0.6 is 0 Å². The minimum absolute atomic E-state index is 0.509. The molecule has 0 radical (unpaired) electrons. The molecule has 3 aliphatic carbocycles. The fourth-order valence-corrected chi connectivity index (χ4v) is 9.04. The lowest BCUT2D eigenvalue weighted by molar-refractivity contribution is 0.365. The van der Waals surface area contributed by atoms with E-state index in [1.54, 1.807) is 11.3 Å². The molecule has 0 aromatic heterocycles. The smallest absolute Gasteiger partial charge is 0.0453 e. The van der Waals surface area contributed by atoms with Crippen LogP contribution in [0.2, 0.25) is 0 Å². The summed E-state index contributed by atoms with van der Waals surface area (Å²) in [6.07, 6.45) is 19.7. The molecule has 2 heterocycles. The van der Waals surface area contributed by atoms with Crippen molar-refractivity contribution in [1.82, 2.24) is 0 Å². The van der Waals surface area contributed by atoms with Crippen molar-refractivity contribution in [2.75, 3.05) is 9.80 Å². The van der Waals surface area contributed by atoms with Crippen LogP contribution in [-0.2, 0) is 6.42 Å². The lowest BCUT2D eigenvalue weighted by Gasteiger charge is -2.36. The van der Waals surface area contributed by atoms with Gasteiger partial charge in [0.25, 0.3) is 0 Å². The van der Waals surface area contributed by atoms with Crippen LogP contribution in [0.1, 0.15) is 85.6 Å². The van der Waals surface area contributed by atoms with E-state index < -0.39 is 0 Å². The Kier molecular flexibility index (Phi) is 6.43. The SMILES string of the molecule is Cc1cc(N2C3=C(C=CCC3C)C3CCCCC32)ccc1Cc1ccc(N2c3ccccc3C3C=CCCC32)cc1C. The molecule has 3 aromatic carbocycles. The number of benzene rings is 3. The summed E-state index contributed by atoms with van der Waals surface area (Å²) >= 11 is 0. The second kappa shape index (κ2) is 10.3. The van der Waals surface area contributed by atoms with Gasteiger partial charge in [0.2, 0.25) is 0 Å². The molecule has 2 aliphatic heterocycles. The molecule has 0 bridgehead atoms. The van der Waals surface area contributed by atoms with E-state index in [-0.39, 0.29) is 0 Å². The van der Waals surface area contributed by atoms with Crippen LogP contribution < -0.4 is 9.80 Å². The predicted octanol–water partition coefficient (Wildman–Crippen LogP) is 10.1. The first kappa shape index (κ1) is 26.1. The van der Waals surface area contributed by atoms with Crippen molar-refractivity contribution in [2.24, 2.45) is 11.8 Å². The molecule has 0 saturated heterocycles. The lowest BCUT2D eigenvalue weighted by atomic mass is 9.80. The van der Waals surface area contributed by atoms with Gasteiger partial charge in [0.05, 0.1) is 0 Å². The normalized spacial score (nSPS) is 27.6. The highest BCUT2D eigenvalue weighted by atomic mass is 15.2. The topological polar surface area (TPSA) is 6.48 Å². The zero-order valence-electron chi connectivity index (χ0n) is 25.5. The van der Waals surface area contributed by atoms with Gasteiger partial charge in [-0.1, -0.05) is 74.4 Å². The Morgan fingerprint density at radius 1 is 0.762 bits per heavy atom. The van der Waals surface area contributed by atoms with Crippen LogP contribution in [0.25, 0.3) is 0 Å². The van der Waals surface area contributed by atoms with Gasteiger partial charge in [-0.15, -0.1) is 0 Å². The first-order valence-electron chi connectivity index (χ1n) is 16.5. The monoisotopic (exact) mass is 552 g/mol. The molecule has 3 aromatic rings. The summed E-state index contributed by atoms with van der Waals surface area (Å²) in [6.45, 7) is 7.07. The maximum absolute atomic E-state index is 2.77. The van der Waals surface area contributed by atoms with Crippen molar-refractivity contribution in [2.45, 2.75) is 90.1 Å². The molecular formula is C40H44N2. The number of nitrogens with zero attached hydrogens (tertiary/aromatic N) is 2. The highest BCUT2D eigenvalue weighted by Gasteiger charge is 2.43. The fourth-order valence-electron chi connectivity index (χ4n) is 9.04. The largest absolute Gasteiger partial charge is 0.341 e. The maximum atomic E-state index is 2.77. The summed E-state index contributed by atoms with van der Waals surface area (Å²) in [5.74, 6) is 1.84. The minimum atomic E-state index is 0.509. The van der Waals surface area contributed by atoms with Gasteiger partial charge in [-0.25, -0.2) is 0 Å². The third kappa shape index (κ3) is 4.13. The van der Waals surface area contributed by atoms with E-state index in [4.69, 9.17) is 0 Å². The molecular weight excluding hydrogens is 508 g/mol. The van der Waals surface area contributed by atoms with Crippen LogP contribution in [0.15, 0.2) is 96.2 Å². The van der Waals surface area contributed by atoms with E-state index in [2.05, 4.69) is 116 Å². The van der Waals surface area contributed by atoms with Crippen LogP contribution in [0.3, 0.4) is 0 Å². The summed E-state index contributed by atoms with van der Waals surface area (Å²) in [5.41, 5.74) is 14.6. The third-order valence-electron chi connectivity index (χ3n) is 11.1. The Bertz CT molecular complexity index is 1620. The van der Waals surface area contributed by atoms with Crippen molar-refractivity contribution in [1.29, 1.82) is 0 Å². The van der Waals surface area contributed by atoms with Gasteiger partial charge in [0.15, 0.2) is 0 Å². The van der Waals surface area contributed by atoms with E-state index in [1.807, 2.05) is 0 Å². The predicted molar refractivity (Wildman–Crippen MR) is 177 cm³/mol. The van der Waals surface area contributed by atoms with E-state index >= 15 is 0 Å². The highest BCUT2D eigenvalue weighted by Crippen LogP contribution is 2.51. The molecule has 214 valence electrons. The minimum Gasteiger partial charge on any atom is -0.341 e. The molecule has 8 rings (SSSR count). The number of allylic oxidation sites excluding steroid dienone is 4. The fraction of sp³-hybridized carbons (Fsp3) is 0.400. The standard InChI is InChI=1S/C40H44N2/c1-26-11-10-15-36-35-14-6-9-18-39(35)42(40(26)36)32-22-20-30(28(3)24-32)25-29-19-21-31(23-27(29)2)41-37-16-7-4-12-33(37)34-13-5-8-17-38(34)41/h4-5,7,10,12-13,15-16,19-24,26,34-35,38-39H,6,8-9,11,14,17-18,25H2,1-3H3. The van der Waals surface area contributed by atoms with Crippen molar-refractivity contribution in [3.05, 3.63) is 124 Å². The first-order chi connectivity index (χ1) is 20.6. The molecule has 2 heteroatoms. The van der Waals surface area contributed by atoms with E-state index in [9.17, 15) is 0 Å². The van der Waals surface area contributed by atoms with Crippen LogP contribution in [-0.4, -0.2) is 12.1 Å². The second-order valence-electron chi connectivity index (χ2n) is 13.6. The maximum Gasteiger partial charge on any atom is 0.0453 e. The zero-order chi connectivity index (χ0) is 28.4. The Labute approximate surface area is 252 Å². The van der Waals surface area contributed by atoms with Crippen LogP contribution in [0.4, 0.5) is 17.1 Å². The number of rotatable bonds is 4. The lowest BCUT2D eigenvalue weighted by Crippen LogP contribution is -2.37. The van der Waals surface area contributed by atoms with Gasteiger partial charge in [0, 0.05) is 52.6 Å². The summed E-state index contributed by atoms with van der Waals surface area (Å²) in [7, 11) is 0. The van der Waals surface area contributed by atoms with Gasteiger partial charge < -0.3 is 9.80 Å². The molecule has 0 N–H and O–H groups in total. The number of fused-ring (bicyclic) bond motifs is 5. The van der Waals surface area contributed by atoms with Gasteiger partial charge in [-0.05, 0) is 116 Å². The number of hydrogen-bond donors (Lipinski definition) is 0. The van der Waals surface area contributed by atoms with Crippen molar-refractivity contribution >= 4 is 17.1 Å². The number of anilines is 3. The Hall–Kier alpha value is -3.52. The third-order valence-corrected chi connectivity index (χ3v) is 11.1. The highest BCUT2D eigenvalue weighted by molar-refractivity contribution is 5.74. The molecule has 5 atom stereocenters. The second-order valence-corrected chi connectivity index (χ2v) is 13.6. The van der Waals surface area contributed by atoms with Gasteiger partial charge in [-0.2, -0.15) is 0 Å². The molecule has 5 aliphatic rings. The molecule has 5 unspecified atom stereocenters. The Morgan fingerprint density at radius 2 is 1.50 bits per heavy atom. The van der Waals surface area contributed by atoms with E-state index in [1.165, 1.54) is 89.8 Å². The molecule has 0 amide bonds. The van der Waals surface area contributed by atoms with Crippen molar-refractivity contribution < 1.29 is 0 Å². The van der Waals surface area contributed by atoms with Gasteiger partial charge in [-0.3, -0.25) is 0 Å². The number of hydrogen-bond acceptors (Lipinski definition) is 2. The first-order valence-corrected chi connectivity index (χ1v) is 16.5. The zero-order valence-corrected chi connectivity index (χ0v) is 25.5. The summed E-state index contributed by atoms with van der Waals surface area (Å²) in [5, 5.41) is 0. The average molecular weight is 553 g/mol. The van der Waals surface area contributed by atoms with Gasteiger partial charge >= 0.3 is 0 Å². The summed E-state index contributed by atoms with van der Waals surface area (Å²) in [4.78, 5) is 5.39. The molecule has 0 spiro atoms. The molecule has 1 fully saturated rings. The molecule has 42 heavy (non-hydrogen) atoms. The van der Waals surface area contributed by atoms with Crippen molar-refractivity contribution in [3.8, 4) is 0 Å². The molecule has 1 saturated carbocycles. The summed E-state index contributed by atoms with van der Waals surface area (Å²) < 4.78 is 0. The van der Waals surface area contributed by atoms with Gasteiger partial charge in [0.1, 0.15) is 0 Å². The summed E-state index contributed by atoms with van der Waals surface area (Å²) in [6, 6.07) is 24.8. The van der Waals surface area contributed by atoms with Crippen LogP contribution in [0, 0.1) is 25.7 Å². The van der Waals surface area contributed by atoms with Crippen LogP contribution in [0.5, 0.6) is 0 Å². The number of aryl methyl sites for hydroxylation is 2. The average Bonchev–Trinajstić information content (AvgIpc) is 3.53. The van der Waals surface area contributed by atoms with Crippen molar-refractivity contribution in [3.63, 3.8) is 0 Å². The van der Waals surface area contributed by atoms with E-state index in [0.717, 1.165) is 12.3 Å². The Balaban J connectivity index is 1.07. The Morgan fingerprint density at radius 3 is 2.29 bits per heavy atom. The van der Waals surface area contributed by atoms with E-state index in [0.29, 0.717) is 23.9 Å². The molecule has 2 nitrogen and oxygen atoms in total. The quantitative estimate of drug-likeness (QED) is 0.297. The number of para-hydroxylation sites is 1.